The standard InChI is InChI=1S/C19H24N4O/c1-14(21-13-19(24)9-3-4-10-19)18-12-22-23(15(18)2)17-7-5-16(11-20)6-8-17/h5-8,12,14,21,24H,3-4,9-10,13H2,1-2H3. The van der Waals surface area contributed by atoms with Crippen LogP contribution in [0.2, 0.25) is 0 Å². The fourth-order valence-electron chi connectivity index (χ4n) is 3.45. The summed E-state index contributed by atoms with van der Waals surface area (Å²) in [6.45, 7) is 4.77. The van der Waals surface area contributed by atoms with Crippen LogP contribution in [-0.4, -0.2) is 27.0 Å². The van der Waals surface area contributed by atoms with E-state index in [1.165, 1.54) is 0 Å². The third-order valence-electron chi connectivity index (χ3n) is 5.03. The van der Waals surface area contributed by atoms with Crippen LogP contribution in [0.3, 0.4) is 0 Å². The van der Waals surface area contributed by atoms with E-state index in [0.29, 0.717) is 12.1 Å². The van der Waals surface area contributed by atoms with Crippen LogP contribution in [0.5, 0.6) is 0 Å². The fraction of sp³-hybridized carbons (Fsp3) is 0.474. The van der Waals surface area contributed by atoms with Crippen molar-refractivity contribution in [3.05, 3.63) is 47.3 Å². The van der Waals surface area contributed by atoms with Gasteiger partial charge in [-0.3, -0.25) is 0 Å². The maximum absolute atomic E-state index is 10.5. The Balaban J connectivity index is 1.72. The van der Waals surface area contributed by atoms with Crippen molar-refractivity contribution in [1.29, 1.82) is 5.26 Å². The van der Waals surface area contributed by atoms with Crippen LogP contribution < -0.4 is 5.32 Å². The number of nitrogens with one attached hydrogen (secondary N) is 1. The zero-order chi connectivity index (χ0) is 17.2. The third kappa shape index (κ3) is 3.35. The average Bonchev–Trinajstić information content (AvgIpc) is 3.19. The molecular weight excluding hydrogens is 300 g/mol. The first-order valence-electron chi connectivity index (χ1n) is 8.53. The van der Waals surface area contributed by atoms with E-state index in [1.807, 2.05) is 29.9 Å². The molecule has 0 saturated heterocycles. The molecule has 5 heteroatoms. The number of benzene rings is 1. The highest BCUT2D eigenvalue weighted by atomic mass is 16.3. The molecule has 3 rings (SSSR count). The topological polar surface area (TPSA) is 73.9 Å². The molecule has 1 aliphatic rings. The molecular formula is C19H24N4O. The highest BCUT2D eigenvalue weighted by Gasteiger charge is 2.31. The van der Waals surface area contributed by atoms with Crippen LogP contribution in [-0.2, 0) is 0 Å². The first kappa shape index (κ1) is 16.7. The normalized spacial score (nSPS) is 17.6. The van der Waals surface area contributed by atoms with E-state index in [1.54, 1.807) is 12.1 Å². The van der Waals surface area contributed by atoms with Crippen LogP contribution in [0.1, 0.15) is 55.5 Å². The Morgan fingerprint density at radius 1 is 1.33 bits per heavy atom. The molecule has 1 atom stereocenters. The summed E-state index contributed by atoms with van der Waals surface area (Å²) in [5.74, 6) is 0. The molecule has 126 valence electrons. The number of aromatic nitrogens is 2. The molecule has 0 aliphatic heterocycles. The molecule has 1 aromatic heterocycles. The van der Waals surface area contributed by atoms with Gasteiger partial charge < -0.3 is 10.4 Å². The van der Waals surface area contributed by atoms with Crippen LogP contribution >= 0.6 is 0 Å². The second kappa shape index (κ2) is 6.76. The SMILES string of the molecule is Cc1c(C(C)NCC2(O)CCCC2)cnn1-c1ccc(C#N)cc1. The lowest BCUT2D eigenvalue weighted by molar-refractivity contribution is 0.0453. The van der Waals surface area contributed by atoms with Gasteiger partial charge in [0, 0.05) is 23.8 Å². The van der Waals surface area contributed by atoms with Gasteiger partial charge in [-0.25, -0.2) is 4.68 Å². The summed E-state index contributed by atoms with van der Waals surface area (Å²) in [6.07, 6.45) is 5.88. The number of rotatable bonds is 5. The highest BCUT2D eigenvalue weighted by Crippen LogP contribution is 2.29. The summed E-state index contributed by atoms with van der Waals surface area (Å²) in [5.41, 5.74) is 3.23. The van der Waals surface area contributed by atoms with Crippen molar-refractivity contribution in [2.75, 3.05) is 6.54 Å². The Hall–Kier alpha value is -2.16. The predicted octanol–water partition coefficient (Wildman–Crippen LogP) is 3.01. The lowest BCUT2D eigenvalue weighted by atomic mass is 10.0. The Labute approximate surface area is 142 Å². The van der Waals surface area contributed by atoms with E-state index in [-0.39, 0.29) is 6.04 Å². The number of nitrogens with zero attached hydrogens (tertiary/aromatic N) is 3. The number of hydrogen-bond acceptors (Lipinski definition) is 4. The first-order valence-corrected chi connectivity index (χ1v) is 8.53. The summed E-state index contributed by atoms with van der Waals surface area (Å²) in [5, 5.41) is 27.3. The summed E-state index contributed by atoms with van der Waals surface area (Å²) < 4.78 is 1.89. The quantitative estimate of drug-likeness (QED) is 0.886. The number of aliphatic hydroxyl groups is 1. The van der Waals surface area contributed by atoms with Crippen molar-refractivity contribution in [3.63, 3.8) is 0 Å². The van der Waals surface area contributed by atoms with Crippen molar-refractivity contribution in [2.24, 2.45) is 0 Å². The number of nitriles is 1. The third-order valence-corrected chi connectivity index (χ3v) is 5.03. The monoisotopic (exact) mass is 324 g/mol. The Bertz CT molecular complexity index is 736. The molecule has 0 bridgehead atoms. The van der Waals surface area contributed by atoms with Gasteiger partial charge in [-0.05, 0) is 51.0 Å². The molecule has 1 aliphatic carbocycles. The van der Waals surface area contributed by atoms with Crippen LogP contribution in [0.15, 0.2) is 30.5 Å². The Morgan fingerprint density at radius 3 is 2.62 bits per heavy atom. The van der Waals surface area contributed by atoms with Gasteiger partial charge in [-0.15, -0.1) is 0 Å². The summed E-state index contributed by atoms with van der Waals surface area (Å²) in [7, 11) is 0. The van der Waals surface area contributed by atoms with Gasteiger partial charge in [0.15, 0.2) is 0 Å². The zero-order valence-corrected chi connectivity index (χ0v) is 14.3. The predicted molar refractivity (Wildman–Crippen MR) is 92.9 cm³/mol. The van der Waals surface area contributed by atoms with E-state index in [2.05, 4.69) is 23.4 Å². The van der Waals surface area contributed by atoms with Crippen molar-refractivity contribution >= 4 is 0 Å². The Morgan fingerprint density at radius 2 is 2.00 bits per heavy atom. The zero-order valence-electron chi connectivity index (χ0n) is 14.3. The van der Waals surface area contributed by atoms with E-state index >= 15 is 0 Å². The molecule has 1 heterocycles. The molecule has 5 nitrogen and oxygen atoms in total. The van der Waals surface area contributed by atoms with E-state index < -0.39 is 5.60 Å². The minimum atomic E-state index is -0.550. The van der Waals surface area contributed by atoms with Crippen molar-refractivity contribution in [3.8, 4) is 11.8 Å². The van der Waals surface area contributed by atoms with Gasteiger partial charge in [0.2, 0.25) is 0 Å². The summed E-state index contributed by atoms with van der Waals surface area (Å²) in [4.78, 5) is 0. The van der Waals surface area contributed by atoms with Crippen molar-refractivity contribution in [1.82, 2.24) is 15.1 Å². The lowest BCUT2D eigenvalue weighted by Gasteiger charge is -2.25. The van der Waals surface area contributed by atoms with Crippen LogP contribution in [0, 0.1) is 18.3 Å². The molecule has 1 fully saturated rings. The second-order valence-electron chi connectivity index (χ2n) is 6.79. The van der Waals surface area contributed by atoms with Gasteiger partial charge in [0.1, 0.15) is 0 Å². The average molecular weight is 324 g/mol. The van der Waals surface area contributed by atoms with Gasteiger partial charge in [-0.1, -0.05) is 12.8 Å². The maximum atomic E-state index is 10.5. The van der Waals surface area contributed by atoms with E-state index in [4.69, 9.17) is 5.26 Å². The van der Waals surface area contributed by atoms with Crippen LogP contribution in [0.25, 0.3) is 5.69 Å². The van der Waals surface area contributed by atoms with Crippen LogP contribution in [0.4, 0.5) is 0 Å². The minimum absolute atomic E-state index is 0.127. The molecule has 1 saturated carbocycles. The van der Waals surface area contributed by atoms with Crippen molar-refractivity contribution in [2.45, 2.75) is 51.2 Å². The van der Waals surface area contributed by atoms with Gasteiger partial charge in [-0.2, -0.15) is 10.4 Å². The van der Waals surface area contributed by atoms with Crippen molar-refractivity contribution < 1.29 is 5.11 Å². The molecule has 1 aromatic carbocycles. The van der Waals surface area contributed by atoms with E-state index in [0.717, 1.165) is 42.6 Å². The van der Waals surface area contributed by atoms with E-state index in [9.17, 15) is 5.11 Å². The molecule has 0 spiro atoms. The van der Waals surface area contributed by atoms with Gasteiger partial charge >= 0.3 is 0 Å². The molecule has 1 unspecified atom stereocenters. The first-order chi connectivity index (χ1) is 11.5. The highest BCUT2D eigenvalue weighted by molar-refractivity contribution is 5.40. The largest absolute Gasteiger partial charge is 0.389 e. The molecule has 0 radical (unpaired) electrons. The van der Waals surface area contributed by atoms with Gasteiger partial charge in [0.25, 0.3) is 0 Å². The molecule has 24 heavy (non-hydrogen) atoms. The smallest absolute Gasteiger partial charge is 0.0991 e. The lowest BCUT2D eigenvalue weighted by Crippen LogP contribution is -2.39. The molecule has 2 N–H and O–H groups in total. The molecule has 2 aromatic rings. The minimum Gasteiger partial charge on any atom is -0.389 e. The van der Waals surface area contributed by atoms with Gasteiger partial charge in [0.05, 0.1) is 29.1 Å². The molecule has 0 amide bonds. The second-order valence-corrected chi connectivity index (χ2v) is 6.79. The Kier molecular flexibility index (Phi) is 4.70. The summed E-state index contributed by atoms with van der Waals surface area (Å²) in [6, 6.07) is 9.66. The number of hydrogen-bond donors (Lipinski definition) is 2. The summed E-state index contributed by atoms with van der Waals surface area (Å²) >= 11 is 0. The fourth-order valence-corrected chi connectivity index (χ4v) is 3.45. The maximum Gasteiger partial charge on any atom is 0.0991 e.